The fourth-order valence-electron chi connectivity index (χ4n) is 3.45. The van der Waals surface area contributed by atoms with E-state index in [0.29, 0.717) is 12.4 Å². The number of nitrogens with zero attached hydrogens (tertiary/aromatic N) is 6. The predicted octanol–water partition coefficient (Wildman–Crippen LogP) is 1.60. The van der Waals surface area contributed by atoms with Gasteiger partial charge in [0.25, 0.3) is 0 Å². The zero-order valence-corrected chi connectivity index (χ0v) is 16.2. The van der Waals surface area contributed by atoms with Gasteiger partial charge in [0.15, 0.2) is 5.82 Å². The molecule has 0 unspecified atom stereocenters. The van der Waals surface area contributed by atoms with Crippen LogP contribution in [0.15, 0.2) is 49.3 Å². The first-order chi connectivity index (χ1) is 14.2. The van der Waals surface area contributed by atoms with Crippen LogP contribution in [-0.2, 0) is 11.3 Å². The van der Waals surface area contributed by atoms with Crippen molar-refractivity contribution in [2.75, 3.05) is 25.1 Å². The molecule has 150 valence electrons. The molecule has 0 bridgehead atoms. The molecule has 1 saturated heterocycles. The summed E-state index contributed by atoms with van der Waals surface area (Å²) >= 11 is 0. The number of anilines is 1. The summed E-state index contributed by atoms with van der Waals surface area (Å²) in [5.74, 6) is 2.40. The smallest absolute Gasteiger partial charge is 0.223 e. The number of benzene rings is 1. The lowest BCUT2D eigenvalue weighted by atomic mass is 9.96. The molecular formula is C20H23N7O2. The zero-order chi connectivity index (χ0) is 20.1. The van der Waals surface area contributed by atoms with Gasteiger partial charge in [0.2, 0.25) is 5.91 Å². The zero-order valence-electron chi connectivity index (χ0n) is 16.2. The fourth-order valence-corrected chi connectivity index (χ4v) is 3.45. The molecule has 0 atom stereocenters. The van der Waals surface area contributed by atoms with Gasteiger partial charge in [-0.15, -0.1) is 0 Å². The molecule has 2 aromatic heterocycles. The van der Waals surface area contributed by atoms with Crippen LogP contribution in [0.3, 0.4) is 0 Å². The van der Waals surface area contributed by atoms with Gasteiger partial charge < -0.3 is 15.0 Å². The lowest BCUT2D eigenvalue weighted by Gasteiger charge is -2.32. The van der Waals surface area contributed by atoms with Gasteiger partial charge in [0.1, 0.15) is 30.5 Å². The number of carbonyl (C=O) groups is 1. The summed E-state index contributed by atoms with van der Waals surface area (Å²) in [4.78, 5) is 27.3. The van der Waals surface area contributed by atoms with Gasteiger partial charge in [-0.2, -0.15) is 5.10 Å². The van der Waals surface area contributed by atoms with Gasteiger partial charge in [-0.3, -0.25) is 4.79 Å². The van der Waals surface area contributed by atoms with E-state index in [-0.39, 0.29) is 11.8 Å². The third kappa shape index (κ3) is 4.50. The molecule has 9 heteroatoms. The Hall–Kier alpha value is -3.49. The summed E-state index contributed by atoms with van der Waals surface area (Å²) in [7, 11) is 1.64. The van der Waals surface area contributed by atoms with Crippen molar-refractivity contribution in [3.8, 4) is 11.6 Å². The molecule has 0 aliphatic carbocycles. The van der Waals surface area contributed by atoms with Crippen molar-refractivity contribution in [1.29, 1.82) is 0 Å². The number of amides is 1. The van der Waals surface area contributed by atoms with Gasteiger partial charge in [-0.25, -0.2) is 19.6 Å². The quantitative estimate of drug-likeness (QED) is 0.679. The Balaban J connectivity index is 1.31. The van der Waals surface area contributed by atoms with Crippen molar-refractivity contribution in [3.05, 3.63) is 54.9 Å². The maximum atomic E-state index is 12.6. The van der Waals surface area contributed by atoms with E-state index in [1.807, 2.05) is 30.3 Å². The largest absolute Gasteiger partial charge is 0.497 e. The maximum absolute atomic E-state index is 12.6. The molecule has 3 heterocycles. The van der Waals surface area contributed by atoms with E-state index in [2.05, 4.69) is 30.3 Å². The average molecular weight is 393 g/mol. The normalized spacial score (nSPS) is 14.6. The summed E-state index contributed by atoms with van der Waals surface area (Å²) in [6.45, 7) is 2.04. The Morgan fingerprint density at radius 2 is 2.00 bits per heavy atom. The molecule has 4 rings (SSSR count). The van der Waals surface area contributed by atoms with Crippen molar-refractivity contribution in [1.82, 2.24) is 30.0 Å². The first kappa shape index (κ1) is 18.9. The molecule has 1 aliphatic heterocycles. The number of aromatic nitrogens is 5. The first-order valence-corrected chi connectivity index (χ1v) is 9.55. The Kier molecular flexibility index (Phi) is 5.64. The van der Waals surface area contributed by atoms with Crippen LogP contribution in [0.1, 0.15) is 18.4 Å². The Morgan fingerprint density at radius 3 is 2.76 bits per heavy atom. The second kappa shape index (κ2) is 8.68. The Labute approximate surface area is 168 Å². The van der Waals surface area contributed by atoms with Crippen molar-refractivity contribution >= 4 is 11.7 Å². The molecule has 0 spiro atoms. The Morgan fingerprint density at radius 1 is 1.17 bits per heavy atom. The van der Waals surface area contributed by atoms with Crippen LogP contribution < -0.4 is 15.0 Å². The number of hydrogen-bond acceptors (Lipinski definition) is 7. The summed E-state index contributed by atoms with van der Waals surface area (Å²) in [5, 5.41) is 7.15. The van der Waals surface area contributed by atoms with Crippen molar-refractivity contribution in [3.63, 3.8) is 0 Å². The van der Waals surface area contributed by atoms with Crippen LogP contribution in [-0.4, -0.2) is 50.8 Å². The SMILES string of the molecule is COc1cccc(CNC(=O)C2CCN(c3cc(-n4cncn4)ncn3)CC2)c1. The highest BCUT2D eigenvalue weighted by atomic mass is 16.5. The second-order valence-corrected chi connectivity index (χ2v) is 6.91. The van der Waals surface area contributed by atoms with Crippen molar-refractivity contribution in [2.45, 2.75) is 19.4 Å². The lowest BCUT2D eigenvalue weighted by Crippen LogP contribution is -2.40. The molecule has 29 heavy (non-hydrogen) atoms. The van der Waals surface area contributed by atoms with Crippen LogP contribution >= 0.6 is 0 Å². The number of carbonyl (C=O) groups excluding carboxylic acids is 1. The summed E-state index contributed by atoms with van der Waals surface area (Å²) in [5.41, 5.74) is 1.02. The fraction of sp³-hybridized carbons (Fsp3) is 0.350. The van der Waals surface area contributed by atoms with E-state index in [0.717, 1.165) is 43.1 Å². The van der Waals surface area contributed by atoms with E-state index in [9.17, 15) is 4.79 Å². The van der Waals surface area contributed by atoms with Crippen molar-refractivity contribution in [2.24, 2.45) is 5.92 Å². The maximum Gasteiger partial charge on any atom is 0.223 e. The number of ether oxygens (including phenoxy) is 1. The van der Waals surface area contributed by atoms with Crippen LogP contribution in [0.25, 0.3) is 5.82 Å². The first-order valence-electron chi connectivity index (χ1n) is 9.55. The van der Waals surface area contributed by atoms with Gasteiger partial charge in [0.05, 0.1) is 7.11 Å². The second-order valence-electron chi connectivity index (χ2n) is 6.91. The molecule has 0 saturated carbocycles. The predicted molar refractivity (Wildman–Crippen MR) is 107 cm³/mol. The minimum absolute atomic E-state index is 0.00785. The molecule has 1 aliphatic rings. The highest BCUT2D eigenvalue weighted by molar-refractivity contribution is 5.79. The van der Waals surface area contributed by atoms with Crippen LogP contribution in [0, 0.1) is 5.92 Å². The molecule has 1 amide bonds. The van der Waals surface area contributed by atoms with Crippen LogP contribution in [0.5, 0.6) is 5.75 Å². The third-order valence-electron chi connectivity index (χ3n) is 5.08. The number of hydrogen-bond donors (Lipinski definition) is 1. The summed E-state index contributed by atoms with van der Waals surface area (Å²) < 4.78 is 6.83. The van der Waals surface area contributed by atoms with E-state index in [4.69, 9.17) is 4.74 Å². The highest BCUT2D eigenvalue weighted by Crippen LogP contribution is 2.23. The molecule has 1 N–H and O–H groups in total. The standard InChI is InChI=1S/C20H23N7O2/c1-29-17-4-2-3-15(9-17)11-22-20(28)16-5-7-26(8-6-16)18-10-19(24-13-23-18)27-14-21-12-25-27/h2-4,9-10,12-14,16H,5-8,11H2,1H3,(H,22,28). The topological polar surface area (TPSA) is 98.1 Å². The number of piperidine rings is 1. The Bertz CT molecular complexity index is 953. The monoisotopic (exact) mass is 393 g/mol. The van der Waals surface area contributed by atoms with Gasteiger partial charge in [0, 0.05) is 31.6 Å². The minimum atomic E-state index is 0.00785. The van der Waals surface area contributed by atoms with Gasteiger partial charge in [-0.05, 0) is 30.5 Å². The molecule has 1 aromatic carbocycles. The number of nitrogens with one attached hydrogen (secondary N) is 1. The lowest BCUT2D eigenvalue weighted by molar-refractivity contribution is -0.125. The van der Waals surface area contributed by atoms with Gasteiger partial charge >= 0.3 is 0 Å². The minimum Gasteiger partial charge on any atom is -0.497 e. The van der Waals surface area contributed by atoms with E-state index in [1.54, 1.807) is 18.1 Å². The third-order valence-corrected chi connectivity index (χ3v) is 5.08. The average Bonchev–Trinajstić information content (AvgIpc) is 3.33. The highest BCUT2D eigenvalue weighted by Gasteiger charge is 2.25. The molecule has 1 fully saturated rings. The number of rotatable bonds is 6. The van der Waals surface area contributed by atoms with Crippen LogP contribution in [0.2, 0.25) is 0 Å². The van der Waals surface area contributed by atoms with Gasteiger partial charge in [-0.1, -0.05) is 12.1 Å². The molecular weight excluding hydrogens is 370 g/mol. The van der Waals surface area contributed by atoms with Crippen LogP contribution in [0.4, 0.5) is 5.82 Å². The van der Waals surface area contributed by atoms with E-state index >= 15 is 0 Å². The summed E-state index contributed by atoms with van der Waals surface area (Å²) in [6, 6.07) is 9.62. The molecule has 3 aromatic rings. The van der Waals surface area contributed by atoms with Crippen molar-refractivity contribution < 1.29 is 9.53 Å². The number of methoxy groups -OCH3 is 1. The van der Waals surface area contributed by atoms with E-state index in [1.165, 1.54) is 12.7 Å². The summed E-state index contributed by atoms with van der Waals surface area (Å²) in [6.07, 6.45) is 6.17. The molecule has 0 radical (unpaired) electrons. The molecule has 9 nitrogen and oxygen atoms in total. The van der Waals surface area contributed by atoms with E-state index < -0.39 is 0 Å².